The Kier molecular flexibility index (Phi) is 4.65. The second-order valence-electron chi connectivity index (χ2n) is 3.97. The highest BCUT2D eigenvalue weighted by Crippen LogP contribution is 2.27. The van der Waals surface area contributed by atoms with Crippen molar-refractivity contribution in [3.63, 3.8) is 0 Å². The fraction of sp³-hybridized carbons (Fsp3) is 0.500. The van der Waals surface area contributed by atoms with Crippen LogP contribution in [0.5, 0.6) is 0 Å². The van der Waals surface area contributed by atoms with Gasteiger partial charge < -0.3 is 14.6 Å². The lowest BCUT2D eigenvalue weighted by Crippen LogP contribution is -2.39. The lowest BCUT2D eigenvalue weighted by Gasteiger charge is -2.27. The van der Waals surface area contributed by atoms with Crippen LogP contribution in [0.1, 0.15) is 5.56 Å². The largest absolute Gasteiger partial charge is 0.390 e. The average Bonchev–Trinajstić information content (AvgIpc) is 2.36. The zero-order valence-corrected chi connectivity index (χ0v) is 10.7. The van der Waals surface area contributed by atoms with E-state index in [1.54, 1.807) is 6.07 Å². The monoisotopic (exact) mass is 276 g/mol. The van der Waals surface area contributed by atoms with Crippen LogP contribution in [0.15, 0.2) is 18.2 Å². The minimum absolute atomic E-state index is 0.293. The Morgan fingerprint density at radius 2 is 2.18 bits per heavy atom. The normalized spacial score (nSPS) is 22.4. The lowest BCUT2D eigenvalue weighted by molar-refractivity contribution is -0.131. The van der Waals surface area contributed by atoms with Gasteiger partial charge in [-0.1, -0.05) is 35.3 Å². The standard InChI is InChI=1S/C12H14Cl2O3/c13-9-3-1-2-8(12(9)14)6-10(15)11-7-16-4-5-17-11/h1-3,10-11,15H,4-7H2. The molecule has 94 valence electrons. The highest BCUT2D eigenvalue weighted by Gasteiger charge is 2.24. The van der Waals surface area contributed by atoms with Gasteiger partial charge in [0.2, 0.25) is 0 Å². The van der Waals surface area contributed by atoms with Crippen molar-refractivity contribution < 1.29 is 14.6 Å². The molecule has 0 aliphatic carbocycles. The summed E-state index contributed by atoms with van der Waals surface area (Å²) in [7, 11) is 0. The summed E-state index contributed by atoms with van der Waals surface area (Å²) < 4.78 is 10.7. The van der Waals surface area contributed by atoms with Gasteiger partial charge in [0.05, 0.1) is 36.0 Å². The lowest BCUT2D eigenvalue weighted by atomic mass is 10.0. The van der Waals surface area contributed by atoms with E-state index in [4.69, 9.17) is 32.7 Å². The van der Waals surface area contributed by atoms with E-state index in [1.165, 1.54) is 0 Å². The van der Waals surface area contributed by atoms with Crippen LogP contribution in [-0.2, 0) is 15.9 Å². The summed E-state index contributed by atoms with van der Waals surface area (Å²) in [6.45, 7) is 1.52. The van der Waals surface area contributed by atoms with Gasteiger partial charge in [-0.05, 0) is 11.6 Å². The Balaban J connectivity index is 2.01. The highest BCUT2D eigenvalue weighted by atomic mass is 35.5. The van der Waals surface area contributed by atoms with E-state index in [2.05, 4.69) is 0 Å². The fourth-order valence-electron chi connectivity index (χ4n) is 1.79. The van der Waals surface area contributed by atoms with E-state index in [0.29, 0.717) is 36.3 Å². The van der Waals surface area contributed by atoms with E-state index in [0.717, 1.165) is 5.56 Å². The van der Waals surface area contributed by atoms with Crippen LogP contribution in [0.25, 0.3) is 0 Å². The number of hydrogen-bond acceptors (Lipinski definition) is 3. The molecule has 0 spiro atoms. The SMILES string of the molecule is OC(Cc1cccc(Cl)c1Cl)C1COCCO1. The van der Waals surface area contributed by atoms with Crippen LogP contribution >= 0.6 is 23.2 Å². The molecule has 2 rings (SSSR count). The maximum atomic E-state index is 10.0. The first-order valence-corrected chi connectivity index (χ1v) is 6.24. The molecule has 1 aromatic carbocycles. The van der Waals surface area contributed by atoms with E-state index in [9.17, 15) is 5.11 Å². The Morgan fingerprint density at radius 1 is 1.35 bits per heavy atom. The number of ether oxygens (including phenoxy) is 2. The summed E-state index contributed by atoms with van der Waals surface area (Å²) in [5.74, 6) is 0. The predicted octanol–water partition coefficient (Wildman–Crippen LogP) is 2.31. The van der Waals surface area contributed by atoms with Crippen LogP contribution in [-0.4, -0.2) is 37.1 Å². The summed E-state index contributed by atoms with van der Waals surface area (Å²) in [4.78, 5) is 0. The van der Waals surface area contributed by atoms with Gasteiger partial charge in [-0.2, -0.15) is 0 Å². The number of hydrogen-bond donors (Lipinski definition) is 1. The third-order valence-electron chi connectivity index (χ3n) is 2.73. The van der Waals surface area contributed by atoms with Crippen LogP contribution in [0.3, 0.4) is 0 Å². The molecule has 0 aromatic heterocycles. The van der Waals surface area contributed by atoms with Crippen molar-refractivity contribution in [2.24, 2.45) is 0 Å². The molecule has 0 saturated carbocycles. The van der Waals surface area contributed by atoms with E-state index in [1.807, 2.05) is 12.1 Å². The van der Waals surface area contributed by atoms with Crippen LogP contribution in [0, 0.1) is 0 Å². The minimum atomic E-state index is -0.633. The number of rotatable bonds is 3. The van der Waals surface area contributed by atoms with Gasteiger partial charge >= 0.3 is 0 Å². The van der Waals surface area contributed by atoms with Crippen molar-refractivity contribution in [2.75, 3.05) is 19.8 Å². The first-order valence-electron chi connectivity index (χ1n) is 5.49. The maximum absolute atomic E-state index is 10.0. The zero-order chi connectivity index (χ0) is 12.3. The second kappa shape index (κ2) is 6.03. The van der Waals surface area contributed by atoms with Crippen molar-refractivity contribution in [1.82, 2.24) is 0 Å². The molecule has 1 aliphatic heterocycles. The van der Waals surface area contributed by atoms with Crippen molar-refractivity contribution in [3.05, 3.63) is 33.8 Å². The van der Waals surface area contributed by atoms with Crippen molar-refractivity contribution in [1.29, 1.82) is 0 Å². The predicted molar refractivity (Wildman–Crippen MR) is 66.7 cm³/mol. The molecule has 5 heteroatoms. The molecule has 1 aromatic rings. The molecule has 1 aliphatic rings. The average molecular weight is 277 g/mol. The maximum Gasteiger partial charge on any atom is 0.107 e. The van der Waals surface area contributed by atoms with Crippen LogP contribution in [0.2, 0.25) is 10.0 Å². The second-order valence-corrected chi connectivity index (χ2v) is 4.75. The van der Waals surface area contributed by atoms with Crippen LogP contribution in [0.4, 0.5) is 0 Å². The molecule has 17 heavy (non-hydrogen) atoms. The van der Waals surface area contributed by atoms with Gasteiger partial charge in [-0.15, -0.1) is 0 Å². The first kappa shape index (κ1) is 13.1. The molecular weight excluding hydrogens is 263 g/mol. The summed E-state index contributed by atoms with van der Waals surface area (Å²) >= 11 is 12.0. The quantitative estimate of drug-likeness (QED) is 0.921. The summed E-state index contributed by atoms with van der Waals surface area (Å²) in [6, 6.07) is 5.38. The van der Waals surface area contributed by atoms with Crippen LogP contribution < -0.4 is 0 Å². The Bertz CT molecular complexity index is 378. The van der Waals surface area contributed by atoms with E-state index >= 15 is 0 Å². The molecule has 1 N–H and O–H groups in total. The molecule has 3 nitrogen and oxygen atoms in total. The molecule has 0 radical (unpaired) electrons. The number of halogens is 2. The number of benzene rings is 1. The fourth-order valence-corrected chi connectivity index (χ4v) is 2.19. The Labute approximate surface area is 110 Å². The van der Waals surface area contributed by atoms with Crippen molar-refractivity contribution in [2.45, 2.75) is 18.6 Å². The third-order valence-corrected chi connectivity index (χ3v) is 3.59. The molecule has 1 heterocycles. The van der Waals surface area contributed by atoms with Gasteiger partial charge in [-0.3, -0.25) is 0 Å². The zero-order valence-electron chi connectivity index (χ0n) is 9.23. The topological polar surface area (TPSA) is 38.7 Å². The van der Waals surface area contributed by atoms with Gasteiger partial charge in [-0.25, -0.2) is 0 Å². The van der Waals surface area contributed by atoms with Gasteiger partial charge in [0, 0.05) is 6.42 Å². The highest BCUT2D eigenvalue weighted by molar-refractivity contribution is 6.42. The van der Waals surface area contributed by atoms with Gasteiger partial charge in [0.1, 0.15) is 6.10 Å². The molecule has 1 fully saturated rings. The number of aliphatic hydroxyl groups is 1. The molecule has 0 bridgehead atoms. The first-order chi connectivity index (χ1) is 8.18. The minimum Gasteiger partial charge on any atom is -0.390 e. The van der Waals surface area contributed by atoms with Crippen molar-refractivity contribution in [3.8, 4) is 0 Å². The molecular formula is C12H14Cl2O3. The summed E-state index contributed by atoms with van der Waals surface area (Å²) in [6.07, 6.45) is -0.516. The Hall–Kier alpha value is -0.320. The molecule has 2 atom stereocenters. The third kappa shape index (κ3) is 3.33. The van der Waals surface area contributed by atoms with Gasteiger partial charge in [0.25, 0.3) is 0 Å². The summed E-state index contributed by atoms with van der Waals surface area (Å²) in [5.41, 5.74) is 0.820. The molecule has 2 unspecified atom stereocenters. The van der Waals surface area contributed by atoms with Gasteiger partial charge in [0.15, 0.2) is 0 Å². The van der Waals surface area contributed by atoms with E-state index in [-0.39, 0.29) is 6.10 Å². The Morgan fingerprint density at radius 3 is 2.88 bits per heavy atom. The van der Waals surface area contributed by atoms with E-state index < -0.39 is 6.10 Å². The summed E-state index contributed by atoms with van der Waals surface area (Å²) in [5, 5.41) is 11.0. The smallest absolute Gasteiger partial charge is 0.107 e. The molecule has 1 saturated heterocycles. The molecule has 0 amide bonds. The number of aliphatic hydroxyl groups excluding tert-OH is 1. The van der Waals surface area contributed by atoms with Crippen molar-refractivity contribution >= 4 is 23.2 Å².